The number of thioether (sulfide) groups is 1. The third-order valence-corrected chi connectivity index (χ3v) is 6.73. The van der Waals surface area contributed by atoms with E-state index >= 15 is 0 Å². The fourth-order valence-corrected chi connectivity index (χ4v) is 5.34. The van der Waals surface area contributed by atoms with Crippen molar-refractivity contribution in [1.29, 1.82) is 0 Å². The molecule has 0 aliphatic carbocycles. The molecule has 0 N–H and O–H groups in total. The van der Waals surface area contributed by atoms with Gasteiger partial charge in [-0.05, 0) is 36.7 Å². The highest BCUT2D eigenvalue weighted by Crippen LogP contribution is 2.46. The maximum Gasteiger partial charge on any atom is 0.257 e. The molecule has 0 amide bonds. The van der Waals surface area contributed by atoms with Crippen molar-refractivity contribution in [3.63, 3.8) is 0 Å². The number of amidine groups is 1. The van der Waals surface area contributed by atoms with Crippen LogP contribution in [-0.4, -0.2) is 30.8 Å². The molecule has 0 atom stereocenters. The molecule has 4 nitrogen and oxygen atoms in total. The van der Waals surface area contributed by atoms with Crippen molar-refractivity contribution in [2.24, 2.45) is 4.40 Å². The topological polar surface area (TPSA) is 49.7 Å². The summed E-state index contributed by atoms with van der Waals surface area (Å²) >= 11 is 1.44. The smallest absolute Gasteiger partial charge is 0.257 e. The molecular weight excluding hydrogens is 352 g/mol. The van der Waals surface area contributed by atoms with Gasteiger partial charge in [-0.25, -0.2) is 8.42 Å². The van der Waals surface area contributed by atoms with Crippen molar-refractivity contribution >= 4 is 37.6 Å². The SMILES string of the molecule is Cc1ccc(C2=C(c3ccc(C)cc3)N3CCS(=O)(=O)N=C3S2)cc1. The second-order valence-electron chi connectivity index (χ2n) is 6.32. The molecule has 2 heterocycles. The Labute approximate surface area is 152 Å². The molecule has 2 aliphatic heterocycles. The van der Waals surface area contributed by atoms with E-state index in [1.54, 1.807) is 0 Å². The van der Waals surface area contributed by atoms with Gasteiger partial charge < -0.3 is 4.90 Å². The van der Waals surface area contributed by atoms with Crippen LogP contribution in [0, 0.1) is 13.8 Å². The Kier molecular flexibility index (Phi) is 3.96. The summed E-state index contributed by atoms with van der Waals surface area (Å²) in [5.41, 5.74) is 5.60. The molecule has 0 saturated carbocycles. The normalized spacial score (nSPS) is 19.0. The van der Waals surface area contributed by atoms with Crippen molar-refractivity contribution in [2.75, 3.05) is 12.3 Å². The first-order valence-electron chi connectivity index (χ1n) is 8.09. The zero-order valence-corrected chi connectivity index (χ0v) is 15.7. The average Bonchev–Trinajstić information content (AvgIpc) is 2.93. The molecule has 25 heavy (non-hydrogen) atoms. The van der Waals surface area contributed by atoms with Gasteiger partial charge in [0.15, 0.2) is 5.17 Å². The van der Waals surface area contributed by atoms with E-state index in [2.05, 4.69) is 66.8 Å². The highest BCUT2D eigenvalue weighted by atomic mass is 32.2. The van der Waals surface area contributed by atoms with E-state index < -0.39 is 10.0 Å². The molecule has 0 fully saturated rings. The predicted molar refractivity (Wildman–Crippen MR) is 105 cm³/mol. The van der Waals surface area contributed by atoms with Crippen LogP contribution in [0.5, 0.6) is 0 Å². The number of nitrogens with zero attached hydrogens (tertiary/aromatic N) is 2. The molecule has 2 aromatic carbocycles. The molecule has 2 aromatic rings. The van der Waals surface area contributed by atoms with Crippen molar-refractivity contribution in [1.82, 2.24) is 4.90 Å². The second kappa shape index (κ2) is 6.04. The lowest BCUT2D eigenvalue weighted by Gasteiger charge is -2.25. The van der Waals surface area contributed by atoms with Crippen molar-refractivity contribution in [3.05, 3.63) is 70.8 Å². The van der Waals surface area contributed by atoms with Crippen molar-refractivity contribution in [3.8, 4) is 0 Å². The van der Waals surface area contributed by atoms with Crippen LogP contribution in [0.1, 0.15) is 22.3 Å². The van der Waals surface area contributed by atoms with Gasteiger partial charge >= 0.3 is 0 Å². The van der Waals surface area contributed by atoms with Gasteiger partial charge in [-0.2, -0.15) is 0 Å². The zero-order chi connectivity index (χ0) is 17.6. The third-order valence-electron chi connectivity index (χ3n) is 4.34. The van der Waals surface area contributed by atoms with Gasteiger partial charge in [-0.1, -0.05) is 59.7 Å². The summed E-state index contributed by atoms with van der Waals surface area (Å²) in [6, 6.07) is 16.7. The summed E-state index contributed by atoms with van der Waals surface area (Å²) < 4.78 is 27.8. The van der Waals surface area contributed by atoms with Gasteiger partial charge in [0, 0.05) is 11.4 Å². The number of benzene rings is 2. The zero-order valence-electron chi connectivity index (χ0n) is 14.1. The summed E-state index contributed by atoms with van der Waals surface area (Å²) in [4.78, 5) is 3.09. The first kappa shape index (κ1) is 16.4. The van der Waals surface area contributed by atoms with Crippen LogP contribution in [0.4, 0.5) is 0 Å². The Hall–Kier alpha value is -2.05. The minimum atomic E-state index is -3.36. The number of hydrogen-bond acceptors (Lipinski definition) is 4. The van der Waals surface area contributed by atoms with Crippen molar-refractivity contribution in [2.45, 2.75) is 13.8 Å². The van der Waals surface area contributed by atoms with E-state index in [4.69, 9.17) is 0 Å². The van der Waals surface area contributed by atoms with Gasteiger partial charge in [-0.15, -0.1) is 4.40 Å². The Balaban J connectivity index is 1.89. The van der Waals surface area contributed by atoms with Gasteiger partial charge in [-0.3, -0.25) is 0 Å². The highest BCUT2D eigenvalue weighted by Gasteiger charge is 2.36. The molecule has 0 aromatic heterocycles. The maximum atomic E-state index is 11.9. The Morgan fingerprint density at radius 3 is 2.08 bits per heavy atom. The summed E-state index contributed by atoms with van der Waals surface area (Å²) in [6.45, 7) is 4.55. The standard InChI is InChI=1S/C19H18N2O2S2/c1-13-3-7-15(8-4-13)17-18(16-9-5-14(2)6-10-16)24-19-20-25(22,23)12-11-21(17)19/h3-10H,11-12H2,1-2H3. The fraction of sp³-hybridized carbons (Fsp3) is 0.211. The van der Waals surface area contributed by atoms with Gasteiger partial charge in [0.25, 0.3) is 10.0 Å². The number of aryl methyl sites for hydroxylation is 2. The first-order chi connectivity index (χ1) is 11.9. The van der Waals surface area contributed by atoms with Crippen LogP contribution >= 0.6 is 11.8 Å². The largest absolute Gasteiger partial charge is 0.317 e. The molecule has 0 unspecified atom stereocenters. The summed E-state index contributed by atoms with van der Waals surface area (Å²) in [5.74, 6) is 0.0492. The number of fused-ring (bicyclic) bond motifs is 1. The Morgan fingerprint density at radius 2 is 1.48 bits per heavy atom. The third kappa shape index (κ3) is 3.12. The van der Waals surface area contributed by atoms with E-state index in [9.17, 15) is 8.42 Å². The van der Waals surface area contributed by atoms with E-state index in [1.165, 1.54) is 22.9 Å². The lowest BCUT2D eigenvalue weighted by Crippen LogP contribution is -2.34. The summed E-state index contributed by atoms with van der Waals surface area (Å²) in [6.07, 6.45) is 0. The first-order valence-corrected chi connectivity index (χ1v) is 10.5. The quantitative estimate of drug-likeness (QED) is 0.805. The Morgan fingerprint density at radius 1 is 0.920 bits per heavy atom. The lowest BCUT2D eigenvalue weighted by molar-refractivity contribution is 0.567. The predicted octanol–water partition coefficient (Wildman–Crippen LogP) is 3.88. The van der Waals surface area contributed by atoms with Crippen molar-refractivity contribution < 1.29 is 8.42 Å². The summed E-state index contributed by atoms with van der Waals surface area (Å²) in [7, 11) is -3.36. The molecule has 0 spiro atoms. The van der Waals surface area contributed by atoms with E-state index in [1.807, 2.05) is 4.90 Å². The van der Waals surface area contributed by atoms with Crippen LogP contribution < -0.4 is 0 Å². The van der Waals surface area contributed by atoms with E-state index in [0.29, 0.717) is 11.7 Å². The molecule has 0 saturated heterocycles. The molecule has 6 heteroatoms. The average molecular weight is 370 g/mol. The highest BCUT2D eigenvalue weighted by molar-refractivity contribution is 8.22. The molecule has 2 aliphatic rings. The van der Waals surface area contributed by atoms with E-state index in [0.717, 1.165) is 21.7 Å². The summed E-state index contributed by atoms with van der Waals surface area (Å²) in [5, 5.41) is 0.553. The van der Waals surface area contributed by atoms with Crippen LogP contribution in [0.2, 0.25) is 0 Å². The van der Waals surface area contributed by atoms with Crippen LogP contribution in [0.15, 0.2) is 52.9 Å². The monoisotopic (exact) mass is 370 g/mol. The molecule has 0 bridgehead atoms. The molecule has 128 valence electrons. The molecule has 0 radical (unpaired) electrons. The van der Waals surface area contributed by atoms with Crippen LogP contribution in [0.3, 0.4) is 0 Å². The Bertz CT molecular complexity index is 989. The van der Waals surface area contributed by atoms with Gasteiger partial charge in [0.05, 0.1) is 11.4 Å². The number of hydrogen-bond donors (Lipinski definition) is 0. The van der Waals surface area contributed by atoms with E-state index in [-0.39, 0.29) is 5.75 Å². The van der Waals surface area contributed by atoms with Crippen LogP contribution in [-0.2, 0) is 10.0 Å². The molecule has 4 rings (SSSR count). The van der Waals surface area contributed by atoms with Crippen LogP contribution in [0.25, 0.3) is 10.6 Å². The fourth-order valence-electron chi connectivity index (χ4n) is 2.96. The minimum Gasteiger partial charge on any atom is -0.317 e. The maximum absolute atomic E-state index is 11.9. The van der Waals surface area contributed by atoms with Gasteiger partial charge in [0.2, 0.25) is 0 Å². The van der Waals surface area contributed by atoms with Gasteiger partial charge in [0.1, 0.15) is 0 Å². The number of rotatable bonds is 2. The lowest BCUT2D eigenvalue weighted by atomic mass is 10.0. The molecular formula is C19H18N2O2S2. The second-order valence-corrected chi connectivity index (χ2v) is 9.06. The minimum absolute atomic E-state index is 0.0492. The number of sulfonamides is 1.